The van der Waals surface area contributed by atoms with Gasteiger partial charge in [0.2, 0.25) is 53.2 Å². The number of hydrogen-bond donors (Lipinski definition) is 16. The number of aliphatic hydroxyl groups excluding tert-OH is 1. The molecule has 2 fully saturated rings. The number of H-pyrrole nitrogens is 2. The molecule has 29 nitrogen and oxygen atoms in total. The Bertz CT molecular complexity index is 3020. The number of nitrogens with two attached hydrogens (primary N) is 3. The maximum atomic E-state index is 14.7. The number of aromatic amines is 2. The number of aliphatic carboxylic acids is 1. The average Bonchev–Trinajstić information content (AvgIpc) is 2.66. The Morgan fingerprint density at radius 3 is 1.95 bits per heavy atom. The zero-order chi connectivity index (χ0) is 62.5. The van der Waals surface area contributed by atoms with E-state index in [2.05, 4.69) is 62.5 Å². The molecule has 0 spiro atoms. The van der Waals surface area contributed by atoms with Crippen molar-refractivity contribution in [3.05, 3.63) is 84.1 Å². The Kier molecular flexibility index (Phi) is 24.8. The summed E-state index contributed by atoms with van der Waals surface area (Å²) in [7, 11) is 0. The van der Waals surface area contributed by atoms with Gasteiger partial charge in [-0.3, -0.25) is 48.1 Å². The lowest BCUT2D eigenvalue weighted by molar-refractivity contribution is -0.149. The summed E-state index contributed by atoms with van der Waals surface area (Å²) < 4.78 is 0. The number of carbonyl (C=O) groups excluding carboxylic acids is 9. The van der Waals surface area contributed by atoms with E-state index < -0.39 is 114 Å². The third kappa shape index (κ3) is 19.5. The van der Waals surface area contributed by atoms with Crippen LogP contribution >= 0.6 is 0 Å². The van der Waals surface area contributed by atoms with Crippen molar-refractivity contribution in [2.45, 2.75) is 152 Å². The first-order valence-corrected chi connectivity index (χ1v) is 28.8. The number of guanidine groups is 1. The smallest absolute Gasteiger partial charge is 0.326 e. The predicted molar refractivity (Wildman–Crippen MR) is 313 cm³/mol. The second kappa shape index (κ2) is 32.2. The minimum Gasteiger partial charge on any atom is -0.508 e. The minimum atomic E-state index is -1.77. The zero-order valence-electron chi connectivity index (χ0n) is 48.1. The topological polar surface area (TPSA) is 466 Å². The number of unbranched alkanes of at least 4 members (excludes halogenated alkanes) is 1. The van der Waals surface area contributed by atoms with Crippen LogP contribution < -0.4 is 59.7 Å². The van der Waals surface area contributed by atoms with E-state index in [0.29, 0.717) is 47.0 Å². The monoisotopic (exact) mass is 1200 g/mol. The molecule has 2 aliphatic rings. The number of amides is 9. The molecule has 9 amide bonds. The molecular weight excluding hydrogens is 1120 g/mol. The van der Waals surface area contributed by atoms with E-state index in [1.807, 2.05) is 0 Å². The number of imidazole rings is 1. The number of likely N-dealkylation sites (tertiary alicyclic amines) is 1. The first kappa shape index (κ1) is 66.0. The van der Waals surface area contributed by atoms with E-state index in [4.69, 9.17) is 17.2 Å². The van der Waals surface area contributed by atoms with Crippen LogP contribution in [0.1, 0.15) is 94.9 Å². The molecule has 4 aromatic rings. The first-order valence-electron chi connectivity index (χ1n) is 28.8. The number of aromatic hydroxyl groups is 1. The third-order valence-corrected chi connectivity index (χ3v) is 14.8. The Labute approximate surface area is 496 Å². The summed E-state index contributed by atoms with van der Waals surface area (Å²) in [5.74, 6) is -8.64. The van der Waals surface area contributed by atoms with Gasteiger partial charge in [-0.05, 0) is 99.6 Å². The van der Waals surface area contributed by atoms with Crippen LogP contribution in [-0.2, 0) is 67.2 Å². The first-order chi connectivity index (χ1) is 41.1. The van der Waals surface area contributed by atoms with Gasteiger partial charge in [0.25, 0.3) is 0 Å². The Hall–Kier alpha value is -9.12. The number of para-hydroxylation sites is 1. The molecule has 4 heterocycles. The van der Waals surface area contributed by atoms with Gasteiger partial charge >= 0.3 is 5.97 Å². The van der Waals surface area contributed by atoms with Crippen molar-refractivity contribution in [1.82, 2.24) is 62.4 Å². The number of rotatable bonds is 33. The molecule has 2 saturated heterocycles. The molecular formula is C57H80N16O13. The number of phenols is 1. The van der Waals surface area contributed by atoms with E-state index in [1.165, 1.54) is 41.7 Å². The molecule has 19 N–H and O–H groups in total. The van der Waals surface area contributed by atoms with E-state index in [1.54, 1.807) is 44.3 Å². The number of hydrogen-bond acceptors (Lipinski definition) is 15. The summed E-state index contributed by atoms with van der Waals surface area (Å²) in [4.78, 5) is 153. The molecule has 466 valence electrons. The molecule has 29 heteroatoms. The maximum Gasteiger partial charge on any atom is 0.326 e. The SMILES string of the molecule is CC(C)C[C@H](NC(=O)[C@@H](CCCCN)NC(=O)[C@H](Cc1ccc(O)cc1)NC(=O)[C@@H](CO)NC(=O)[C@H](Cc1c[nH]c2ccccc12)NC(=O)[C@@H](Cc1cnc[nH]1)NC(=O)[C@@H]1CCC(=O)N1)C(=O)N[C@@H](CCCN=C(N)N)C(=O)N1CCC[C@H]1C(=O)O. The summed E-state index contributed by atoms with van der Waals surface area (Å²) >= 11 is 0. The lowest BCUT2D eigenvalue weighted by Gasteiger charge is -2.30. The number of aromatic nitrogens is 3. The van der Waals surface area contributed by atoms with Gasteiger partial charge in [-0.25, -0.2) is 9.78 Å². The lowest BCUT2D eigenvalue weighted by atomic mass is 10.00. The number of aliphatic hydroxyl groups is 1. The fourth-order valence-electron chi connectivity index (χ4n) is 10.3. The number of nitrogens with one attached hydrogen (secondary N) is 10. The normalized spacial score (nSPS) is 17.2. The zero-order valence-corrected chi connectivity index (χ0v) is 48.1. The number of benzene rings is 2. The Balaban J connectivity index is 1.23. The summed E-state index contributed by atoms with van der Waals surface area (Å²) in [6.07, 6.45) is 5.87. The number of nitrogens with zero attached hydrogens (tertiary/aromatic N) is 3. The van der Waals surface area contributed by atoms with Crippen LogP contribution in [0.4, 0.5) is 0 Å². The van der Waals surface area contributed by atoms with Crippen LogP contribution in [0.2, 0.25) is 0 Å². The van der Waals surface area contributed by atoms with Crippen LogP contribution in [0.5, 0.6) is 5.75 Å². The quantitative estimate of drug-likeness (QED) is 0.0134. The molecule has 2 aromatic heterocycles. The summed E-state index contributed by atoms with van der Waals surface area (Å²) in [5.41, 5.74) is 19.0. The molecule has 0 aliphatic carbocycles. The lowest BCUT2D eigenvalue weighted by Crippen LogP contribution is -2.61. The van der Waals surface area contributed by atoms with Gasteiger partial charge < -0.3 is 89.9 Å². The highest BCUT2D eigenvalue weighted by atomic mass is 16.4. The second-order valence-corrected chi connectivity index (χ2v) is 21.9. The standard InChI is InChI=1S/C57H80N16O13/c1-31(2)23-41(50(79)67-40(12-7-21-62-57(59)60)55(84)73-22-8-13-46(73)56(85)86)68-48(77)38(11-5-6-20-58)66-51(80)42(24-32-14-16-35(75)17-15-32)69-54(83)45(29-74)72-52(81)43(25-33-27-63-37-10-4-3-9-36(33)37)70-53(82)44(26-34-28-61-30-64-34)71-49(78)39-18-19-47(76)65-39/h3-4,9-10,14-17,27-28,30-31,38-46,63,74-75H,5-8,11-13,18-26,29,58H2,1-2H3,(H,61,64)(H,65,76)(H,66,80)(H,67,79)(H,68,77)(H,69,83)(H,70,82)(H,71,78)(H,72,81)(H,85,86)(H4,59,60,62)/t38-,39+,40+,41+,42+,43+,44-,45-,46+/m1/s1. The molecule has 9 atom stereocenters. The second-order valence-electron chi connectivity index (χ2n) is 21.9. The largest absolute Gasteiger partial charge is 0.508 e. The van der Waals surface area contributed by atoms with Gasteiger partial charge in [0, 0.05) is 67.8 Å². The van der Waals surface area contributed by atoms with E-state index in [-0.39, 0.29) is 107 Å². The Morgan fingerprint density at radius 2 is 1.33 bits per heavy atom. The van der Waals surface area contributed by atoms with Crippen molar-refractivity contribution in [2.75, 3.05) is 26.2 Å². The van der Waals surface area contributed by atoms with Crippen LogP contribution in [0.3, 0.4) is 0 Å². The van der Waals surface area contributed by atoms with Crippen molar-refractivity contribution >= 4 is 76.0 Å². The van der Waals surface area contributed by atoms with Crippen molar-refractivity contribution in [2.24, 2.45) is 28.1 Å². The maximum absolute atomic E-state index is 14.7. The Morgan fingerprint density at radius 1 is 0.721 bits per heavy atom. The van der Waals surface area contributed by atoms with Crippen molar-refractivity contribution in [3.63, 3.8) is 0 Å². The fourth-order valence-corrected chi connectivity index (χ4v) is 10.3. The number of carbonyl (C=O) groups is 10. The van der Waals surface area contributed by atoms with Gasteiger partial charge in [0.1, 0.15) is 60.1 Å². The van der Waals surface area contributed by atoms with Crippen molar-refractivity contribution in [1.29, 1.82) is 0 Å². The number of carboxylic acids is 1. The van der Waals surface area contributed by atoms with Crippen molar-refractivity contribution in [3.8, 4) is 5.75 Å². The number of carboxylic acid groups (broad SMARTS) is 1. The summed E-state index contributed by atoms with van der Waals surface area (Å²) in [6.45, 7) is 3.05. The van der Waals surface area contributed by atoms with Gasteiger partial charge in [0.05, 0.1) is 12.9 Å². The van der Waals surface area contributed by atoms with Gasteiger partial charge in [-0.1, -0.05) is 44.2 Å². The van der Waals surface area contributed by atoms with E-state index in [0.717, 1.165) is 0 Å². The molecule has 86 heavy (non-hydrogen) atoms. The molecule has 0 saturated carbocycles. The van der Waals surface area contributed by atoms with Crippen molar-refractivity contribution < 1.29 is 63.3 Å². The summed E-state index contributed by atoms with van der Waals surface area (Å²) in [6, 6.07) is 0.846. The van der Waals surface area contributed by atoms with Crippen LogP contribution in [-0.4, -0.2) is 181 Å². The third-order valence-electron chi connectivity index (χ3n) is 14.8. The van der Waals surface area contributed by atoms with Crippen LogP contribution in [0, 0.1) is 5.92 Å². The van der Waals surface area contributed by atoms with E-state index in [9.17, 15) is 63.3 Å². The highest BCUT2D eigenvalue weighted by molar-refractivity contribution is 5.99. The van der Waals surface area contributed by atoms with Gasteiger partial charge in [-0.2, -0.15) is 0 Å². The van der Waals surface area contributed by atoms with Gasteiger partial charge in [-0.15, -0.1) is 0 Å². The summed E-state index contributed by atoms with van der Waals surface area (Å²) in [5, 5.41) is 52.7. The molecule has 2 aliphatic heterocycles. The highest BCUT2D eigenvalue weighted by Gasteiger charge is 2.40. The predicted octanol–water partition coefficient (Wildman–Crippen LogP) is -2.41. The van der Waals surface area contributed by atoms with Gasteiger partial charge in [0.15, 0.2) is 5.96 Å². The highest BCUT2D eigenvalue weighted by Crippen LogP contribution is 2.22. The van der Waals surface area contributed by atoms with Crippen LogP contribution in [0.15, 0.2) is 72.2 Å². The number of aliphatic imine (C=N–C) groups is 1. The number of fused-ring (bicyclic) bond motifs is 1. The minimum absolute atomic E-state index is 0.00939. The van der Waals surface area contributed by atoms with E-state index >= 15 is 0 Å². The average molecular weight is 1200 g/mol. The molecule has 0 bridgehead atoms. The van der Waals surface area contributed by atoms with Crippen LogP contribution in [0.25, 0.3) is 10.9 Å². The molecule has 2 aromatic carbocycles. The number of phenolic OH excluding ortho intramolecular Hbond substituents is 1. The molecule has 0 unspecified atom stereocenters. The molecule has 6 rings (SSSR count). The fraction of sp³-hybridized carbons (Fsp3) is 0.509. The molecule has 0 radical (unpaired) electrons.